The molecular weight excluding hydrogens is 288 g/mol. The van der Waals surface area contributed by atoms with Crippen molar-refractivity contribution in [3.63, 3.8) is 0 Å². The number of rotatable bonds is 4. The Morgan fingerprint density at radius 1 is 1.50 bits per heavy atom. The molecule has 1 aliphatic rings. The van der Waals surface area contributed by atoms with E-state index in [0.717, 1.165) is 19.4 Å². The van der Waals surface area contributed by atoms with Crippen LogP contribution in [-0.4, -0.2) is 33.4 Å². The SMILES string of the molecule is CN1CCCC1(NN)c1ccnc(-c2ccc([N+](=O)[O-])o2)n1. The van der Waals surface area contributed by atoms with Gasteiger partial charge < -0.3 is 4.42 Å². The molecule has 9 nitrogen and oxygen atoms in total. The van der Waals surface area contributed by atoms with Crippen LogP contribution in [0.25, 0.3) is 11.6 Å². The van der Waals surface area contributed by atoms with Crippen LogP contribution >= 0.6 is 0 Å². The molecule has 3 rings (SSSR count). The van der Waals surface area contributed by atoms with Gasteiger partial charge >= 0.3 is 5.88 Å². The van der Waals surface area contributed by atoms with E-state index in [-0.39, 0.29) is 11.6 Å². The Bertz CT molecular complexity index is 703. The van der Waals surface area contributed by atoms with Gasteiger partial charge in [-0.25, -0.2) is 15.4 Å². The predicted molar refractivity (Wildman–Crippen MR) is 77.3 cm³/mol. The molecule has 1 saturated heterocycles. The monoisotopic (exact) mass is 304 g/mol. The van der Waals surface area contributed by atoms with E-state index < -0.39 is 10.6 Å². The summed E-state index contributed by atoms with van der Waals surface area (Å²) in [7, 11) is 1.96. The number of nitro groups is 1. The maximum absolute atomic E-state index is 10.7. The first kappa shape index (κ1) is 14.6. The molecular formula is C13H16N6O3. The van der Waals surface area contributed by atoms with Crippen LogP contribution in [0.5, 0.6) is 0 Å². The first-order chi connectivity index (χ1) is 10.6. The topological polar surface area (TPSA) is 123 Å². The molecule has 3 heterocycles. The summed E-state index contributed by atoms with van der Waals surface area (Å²) in [6, 6.07) is 4.55. The summed E-state index contributed by atoms with van der Waals surface area (Å²) in [5, 5.41) is 10.7. The minimum Gasteiger partial charge on any atom is -0.397 e. The fourth-order valence-electron chi connectivity index (χ4n) is 2.79. The summed E-state index contributed by atoms with van der Waals surface area (Å²) < 4.78 is 5.15. The second-order valence-electron chi connectivity index (χ2n) is 5.19. The zero-order valence-corrected chi connectivity index (χ0v) is 12.0. The molecule has 0 bridgehead atoms. The Hall–Kier alpha value is -2.36. The molecule has 22 heavy (non-hydrogen) atoms. The molecule has 0 radical (unpaired) electrons. The molecule has 0 spiro atoms. The van der Waals surface area contributed by atoms with Crippen LogP contribution in [0, 0.1) is 10.1 Å². The van der Waals surface area contributed by atoms with Crippen molar-refractivity contribution in [2.45, 2.75) is 18.5 Å². The third kappa shape index (κ3) is 2.25. The highest BCUT2D eigenvalue weighted by molar-refractivity contribution is 5.49. The number of nitrogens with zero attached hydrogens (tertiary/aromatic N) is 4. The van der Waals surface area contributed by atoms with Crippen LogP contribution in [0.1, 0.15) is 18.5 Å². The van der Waals surface area contributed by atoms with Crippen LogP contribution in [0.2, 0.25) is 0 Å². The Labute approximate surface area is 126 Å². The fraction of sp³-hybridized carbons (Fsp3) is 0.385. The highest BCUT2D eigenvalue weighted by Gasteiger charge is 2.41. The smallest absolute Gasteiger partial charge is 0.397 e. The largest absolute Gasteiger partial charge is 0.433 e. The maximum atomic E-state index is 10.7. The van der Waals surface area contributed by atoms with E-state index in [2.05, 4.69) is 20.3 Å². The zero-order valence-electron chi connectivity index (χ0n) is 12.0. The van der Waals surface area contributed by atoms with Gasteiger partial charge in [-0.15, -0.1) is 0 Å². The molecule has 3 N–H and O–H groups in total. The number of furan rings is 1. The summed E-state index contributed by atoms with van der Waals surface area (Å²) in [6.07, 6.45) is 3.40. The highest BCUT2D eigenvalue weighted by atomic mass is 16.6. The van der Waals surface area contributed by atoms with Gasteiger partial charge in [-0.1, -0.05) is 0 Å². The van der Waals surface area contributed by atoms with E-state index in [1.165, 1.54) is 12.1 Å². The van der Waals surface area contributed by atoms with Gasteiger partial charge in [0.15, 0.2) is 11.6 Å². The Morgan fingerprint density at radius 2 is 2.32 bits per heavy atom. The molecule has 1 unspecified atom stereocenters. The predicted octanol–water partition coefficient (Wildman–Crippen LogP) is 0.987. The second-order valence-corrected chi connectivity index (χ2v) is 5.19. The Morgan fingerprint density at radius 3 is 2.91 bits per heavy atom. The van der Waals surface area contributed by atoms with Gasteiger partial charge in [-0.05, 0) is 32.0 Å². The standard InChI is InChI=1S/C13H16N6O3/c1-18-8-2-6-13(18,17-14)10-5-7-15-12(16-10)9-3-4-11(22-9)19(20)21/h3-5,7,17H,2,6,8,14H2,1H3. The lowest BCUT2D eigenvalue weighted by Gasteiger charge is -2.34. The van der Waals surface area contributed by atoms with Crippen LogP contribution in [0.3, 0.4) is 0 Å². The van der Waals surface area contributed by atoms with Crippen molar-refractivity contribution in [1.29, 1.82) is 0 Å². The van der Waals surface area contributed by atoms with E-state index in [9.17, 15) is 10.1 Å². The molecule has 0 aliphatic carbocycles. The lowest BCUT2D eigenvalue weighted by Crippen LogP contribution is -2.54. The molecule has 0 saturated carbocycles. The van der Waals surface area contributed by atoms with Gasteiger partial charge in [0.25, 0.3) is 0 Å². The van der Waals surface area contributed by atoms with E-state index in [1.807, 2.05) is 7.05 Å². The highest BCUT2D eigenvalue weighted by Crippen LogP contribution is 2.34. The van der Waals surface area contributed by atoms with Crippen LogP contribution in [0.4, 0.5) is 5.88 Å². The fourth-order valence-corrected chi connectivity index (χ4v) is 2.79. The van der Waals surface area contributed by atoms with Crippen LogP contribution in [-0.2, 0) is 5.66 Å². The van der Waals surface area contributed by atoms with E-state index in [0.29, 0.717) is 11.5 Å². The number of hydrazine groups is 1. The van der Waals surface area contributed by atoms with Gasteiger partial charge in [-0.2, -0.15) is 0 Å². The number of likely N-dealkylation sites (tertiary alicyclic amines) is 1. The number of hydrogen-bond acceptors (Lipinski definition) is 8. The minimum absolute atomic E-state index is 0.251. The van der Waals surface area contributed by atoms with E-state index in [1.54, 1.807) is 12.3 Å². The molecule has 0 amide bonds. The third-order valence-electron chi connectivity index (χ3n) is 3.99. The zero-order chi connectivity index (χ0) is 15.7. The van der Waals surface area contributed by atoms with Crippen molar-refractivity contribution in [2.24, 2.45) is 5.84 Å². The normalized spacial score (nSPS) is 22.1. The average Bonchev–Trinajstić information content (AvgIpc) is 3.15. The van der Waals surface area contributed by atoms with Crippen molar-refractivity contribution < 1.29 is 9.34 Å². The van der Waals surface area contributed by atoms with Gasteiger partial charge in [0.1, 0.15) is 10.6 Å². The molecule has 0 aromatic carbocycles. The molecule has 1 aliphatic heterocycles. The Balaban J connectivity index is 2.00. The average molecular weight is 304 g/mol. The molecule has 9 heteroatoms. The molecule has 2 aromatic rings. The van der Waals surface area contributed by atoms with Gasteiger partial charge in [-0.3, -0.25) is 20.9 Å². The van der Waals surface area contributed by atoms with Crippen LogP contribution in [0.15, 0.2) is 28.8 Å². The molecule has 1 fully saturated rings. The summed E-state index contributed by atoms with van der Waals surface area (Å²) in [4.78, 5) is 20.8. The first-order valence-corrected chi connectivity index (χ1v) is 6.84. The van der Waals surface area contributed by atoms with E-state index in [4.69, 9.17) is 10.3 Å². The summed E-state index contributed by atoms with van der Waals surface area (Å²) in [5.74, 6) is 5.96. The van der Waals surface area contributed by atoms with Crippen molar-refractivity contribution >= 4 is 5.88 Å². The molecule has 2 aromatic heterocycles. The number of nitrogens with one attached hydrogen (secondary N) is 1. The third-order valence-corrected chi connectivity index (χ3v) is 3.99. The van der Waals surface area contributed by atoms with Crippen LogP contribution < -0.4 is 11.3 Å². The van der Waals surface area contributed by atoms with Gasteiger partial charge in [0.2, 0.25) is 0 Å². The number of nitrogens with two attached hydrogens (primary N) is 1. The lowest BCUT2D eigenvalue weighted by atomic mass is 10.0. The molecule has 1 atom stereocenters. The number of hydrogen-bond donors (Lipinski definition) is 2. The van der Waals surface area contributed by atoms with Crippen molar-refractivity contribution in [2.75, 3.05) is 13.6 Å². The summed E-state index contributed by atoms with van der Waals surface area (Å²) in [6.45, 7) is 0.899. The molecule has 116 valence electrons. The minimum atomic E-state index is -0.596. The van der Waals surface area contributed by atoms with Crippen molar-refractivity contribution in [3.8, 4) is 11.6 Å². The van der Waals surface area contributed by atoms with Gasteiger partial charge in [0.05, 0.1) is 11.8 Å². The number of aromatic nitrogens is 2. The maximum Gasteiger partial charge on any atom is 0.433 e. The van der Waals surface area contributed by atoms with Crippen molar-refractivity contribution in [1.82, 2.24) is 20.3 Å². The Kier molecular flexibility index (Phi) is 3.61. The van der Waals surface area contributed by atoms with Crippen molar-refractivity contribution in [3.05, 3.63) is 40.2 Å². The summed E-state index contributed by atoms with van der Waals surface area (Å²) >= 11 is 0. The first-order valence-electron chi connectivity index (χ1n) is 6.84. The lowest BCUT2D eigenvalue weighted by molar-refractivity contribution is -0.401. The van der Waals surface area contributed by atoms with Gasteiger partial charge in [0, 0.05) is 12.7 Å². The second kappa shape index (κ2) is 5.44. The van der Waals surface area contributed by atoms with E-state index >= 15 is 0 Å². The summed E-state index contributed by atoms with van der Waals surface area (Å²) in [5.41, 5.74) is 2.99. The quantitative estimate of drug-likeness (QED) is 0.487.